The predicted molar refractivity (Wildman–Crippen MR) is 103 cm³/mol. The van der Waals surface area contributed by atoms with E-state index in [1.165, 1.54) is 23.8 Å². The van der Waals surface area contributed by atoms with Crippen molar-refractivity contribution in [1.82, 2.24) is 9.97 Å². The molecule has 0 aliphatic carbocycles. The number of nitrogens with zero attached hydrogens (tertiary/aromatic N) is 2. The minimum absolute atomic E-state index is 0.271. The van der Waals surface area contributed by atoms with Crippen LogP contribution in [0.1, 0.15) is 12.0 Å². The molecule has 1 aromatic heterocycles. The Balaban J connectivity index is 1.56. The van der Waals surface area contributed by atoms with Crippen LogP contribution < -0.4 is 10.6 Å². The zero-order valence-corrected chi connectivity index (χ0v) is 15.3. The van der Waals surface area contributed by atoms with Gasteiger partial charge in [-0.2, -0.15) is 0 Å². The minimum Gasteiger partial charge on any atom is -0.380 e. The van der Waals surface area contributed by atoms with Crippen molar-refractivity contribution in [1.29, 1.82) is 0 Å². The van der Waals surface area contributed by atoms with Crippen molar-refractivity contribution in [2.45, 2.75) is 23.8 Å². The lowest BCUT2D eigenvalue weighted by Crippen LogP contribution is -2.32. The van der Waals surface area contributed by atoms with Crippen molar-refractivity contribution in [2.75, 3.05) is 23.4 Å². The van der Waals surface area contributed by atoms with Gasteiger partial charge in [0, 0.05) is 29.9 Å². The van der Waals surface area contributed by atoms with E-state index in [1.54, 1.807) is 18.2 Å². The van der Waals surface area contributed by atoms with E-state index in [9.17, 15) is 8.42 Å². The molecule has 2 heterocycles. The zero-order chi connectivity index (χ0) is 18.1. The van der Waals surface area contributed by atoms with Gasteiger partial charge in [-0.25, -0.2) is 18.4 Å². The van der Waals surface area contributed by atoms with Gasteiger partial charge >= 0.3 is 0 Å². The molecule has 0 spiro atoms. The Morgan fingerprint density at radius 2 is 2.04 bits per heavy atom. The topological polar surface area (TPSA) is 84.0 Å². The smallest absolute Gasteiger partial charge is 0.175 e. The summed E-state index contributed by atoms with van der Waals surface area (Å²) in [5, 5.41) is 7.62. The van der Waals surface area contributed by atoms with Crippen LogP contribution in [-0.4, -0.2) is 37.2 Å². The third-order valence-corrected chi connectivity index (χ3v) is 5.80. The standard InChI is InChI=1S/C19H20N4O2S/c1-26(24,25)15-8-9-18-16(10-15)19(22-12-21-18)20-11-14-7-6-13-4-2-3-5-17(13)23-14/h2-5,8-10,12,14,23H,6-7,11H2,1H3,(H,20,21,22). The van der Waals surface area contributed by atoms with Gasteiger partial charge in [0.05, 0.1) is 10.4 Å². The van der Waals surface area contributed by atoms with E-state index in [4.69, 9.17) is 0 Å². The van der Waals surface area contributed by atoms with Crippen molar-refractivity contribution in [3.63, 3.8) is 0 Å². The van der Waals surface area contributed by atoms with E-state index < -0.39 is 9.84 Å². The van der Waals surface area contributed by atoms with Crippen molar-refractivity contribution in [2.24, 2.45) is 0 Å². The Morgan fingerprint density at radius 1 is 1.19 bits per heavy atom. The average molecular weight is 368 g/mol. The molecule has 1 aliphatic heterocycles. The van der Waals surface area contributed by atoms with Crippen LogP contribution in [0.2, 0.25) is 0 Å². The number of nitrogens with one attached hydrogen (secondary N) is 2. The highest BCUT2D eigenvalue weighted by Crippen LogP contribution is 2.26. The van der Waals surface area contributed by atoms with Crippen molar-refractivity contribution in [3.05, 3.63) is 54.4 Å². The number of hydrogen-bond donors (Lipinski definition) is 2. The third kappa shape index (κ3) is 3.35. The van der Waals surface area contributed by atoms with Gasteiger partial charge in [0.1, 0.15) is 12.1 Å². The van der Waals surface area contributed by atoms with Crippen LogP contribution in [0.5, 0.6) is 0 Å². The second-order valence-electron chi connectivity index (χ2n) is 6.59. The van der Waals surface area contributed by atoms with Gasteiger partial charge in [-0.05, 0) is 42.7 Å². The molecule has 0 bridgehead atoms. The van der Waals surface area contributed by atoms with Crippen LogP contribution in [0.4, 0.5) is 11.5 Å². The molecule has 7 heteroatoms. The van der Waals surface area contributed by atoms with E-state index in [-0.39, 0.29) is 10.9 Å². The van der Waals surface area contributed by atoms with E-state index in [0.29, 0.717) is 17.7 Å². The molecule has 4 rings (SSSR count). The maximum absolute atomic E-state index is 11.8. The summed E-state index contributed by atoms with van der Waals surface area (Å²) < 4.78 is 23.7. The molecule has 0 radical (unpaired) electrons. The molecule has 134 valence electrons. The van der Waals surface area contributed by atoms with E-state index in [0.717, 1.165) is 18.4 Å². The van der Waals surface area contributed by atoms with Crippen LogP contribution in [-0.2, 0) is 16.3 Å². The molecule has 26 heavy (non-hydrogen) atoms. The van der Waals surface area contributed by atoms with E-state index in [2.05, 4.69) is 38.8 Å². The number of para-hydroxylation sites is 1. The number of hydrogen-bond acceptors (Lipinski definition) is 6. The number of sulfone groups is 1. The number of anilines is 2. The maximum atomic E-state index is 11.8. The molecule has 2 N–H and O–H groups in total. The van der Waals surface area contributed by atoms with E-state index >= 15 is 0 Å². The lowest BCUT2D eigenvalue weighted by atomic mass is 9.98. The Labute approximate surface area is 152 Å². The fourth-order valence-electron chi connectivity index (χ4n) is 3.28. The fourth-order valence-corrected chi connectivity index (χ4v) is 3.93. The van der Waals surface area contributed by atoms with Crippen LogP contribution in [0.3, 0.4) is 0 Å². The number of aryl methyl sites for hydroxylation is 1. The predicted octanol–water partition coefficient (Wildman–Crippen LogP) is 2.87. The molecule has 0 amide bonds. The van der Waals surface area contributed by atoms with Gasteiger partial charge in [0.25, 0.3) is 0 Å². The zero-order valence-electron chi connectivity index (χ0n) is 14.4. The molecular weight excluding hydrogens is 348 g/mol. The third-order valence-electron chi connectivity index (χ3n) is 4.69. The summed E-state index contributed by atoms with van der Waals surface area (Å²) in [6, 6.07) is 13.6. The van der Waals surface area contributed by atoms with Crippen molar-refractivity contribution < 1.29 is 8.42 Å². The highest BCUT2D eigenvalue weighted by atomic mass is 32.2. The lowest BCUT2D eigenvalue weighted by molar-refractivity contribution is 0.602. The minimum atomic E-state index is -3.28. The summed E-state index contributed by atoms with van der Waals surface area (Å²) in [5.41, 5.74) is 3.24. The molecule has 1 unspecified atom stereocenters. The second kappa shape index (κ2) is 6.57. The Hall–Kier alpha value is -2.67. The van der Waals surface area contributed by atoms with Gasteiger partial charge < -0.3 is 10.6 Å². The quantitative estimate of drug-likeness (QED) is 0.737. The normalized spacial score (nSPS) is 16.7. The molecule has 2 aromatic carbocycles. The average Bonchev–Trinajstić information content (AvgIpc) is 2.65. The van der Waals surface area contributed by atoms with Gasteiger partial charge in [-0.1, -0.05) is 18.2 Å². The summed E-state index contributed by atoms with van der Waals surface area (Å²) in [6.07, 6.45) is 4.77. The van der Waals surface area contributed by atoms with Crippen molar-refractivity contribution in [3.8, 4) is 0 Å². The number of fused-ring (bicyclic) bond motifs is 2. The SMILES string of the molecule is CS(=O)(=O)c1ccc2ncnc(NCC3CCc4ccccc4N3)c2c1. The summed E-state index contributed by atoms with van der Waals surface area (Å²) in [5.74, 6) is 0.654. The van der Waals surface area contributed by atoms with Gasteiger partial charge in [-0.3, -0.25) is 0 Å². The summed E-state index contributed by atoms with van der Waals surface area (Å²) in [4.78, 5) is 8.81. The van der Waals surface area contributed by atoms with Crippen LogP contribution in [0.15, 0.2) is 53.7 Å². The molecule has 6 nitrogen and oxygen atoms in total. The van der Waals surface area contributed by atoms with Crippen molar-refractivity contribution >= 4 is 32.2 Å². The Morgan fingerprint density at radius 3 is 2.88 bits per heavy atom. The van der Waals surface area contributed by atoms with Crippen LogP contribution in [0.25, 0.3) is 10.9 Å². The highest BCUT2D eigenvalue weighted by Gasteiger charge is 2.18. The number of rotatable bonds is 4. The molecule has 0 fully saturated rings. The first-order valence-corrected chi connectivity index (χ1v) is 10.4. The number of aromatic nitrogens is 2. The Kier molecular flexibility index (Phi) is 4.24. The largest absolute Gasteiger partial charge is 0.380 e. The highest BCUT2D eigenvalue weighted by molar-refractivity contribution is 7.90. The van der Waals surface area contributed by atoms with Crippen LogP contribution in [0, 0.1) is 0 Å². The lowest BCUT2D eigenvalue weighted by Gasteiger charge is -2.27. The monoisotopic (exact) mass is 368 g/mol. The Bertz CT molecular complexity index is 1070. The molecular formula is C19H20N4O2S. The first kappa shape index (κ1) is 16.8. The van der Waals surface area contributed by atoms with Gasteiger partial charge in [0.2, 0.25) is 0 Å². The van der Waals surface area contributed by atoms with Gasteiger partial charge in [0.15, 0.2) is 9.84 Å². The van der Waals surface area contributed by atoms with Crippen LogP contribution >= 0.6 is 0 Å². The number of benzene rings is 2. The molecule has 1 aliphatic rings. The molecule has 1 atom stereocenters. The summed E-state index contributed by atoms with van der Waals surface area (Å²) in [6.45, 7) is 0.698. The first-order valence-electron chi connectivity index (χ1n) is 8.54. The summed E-state index contributed by atoms with van der Waals surface area (Å²) >= 11 is 0. The molecule has 3 aromatic rings. The van der Waals surface area contributed by atoms with E-state index in [1.807, 2.05) is 6.07 Å². The first-order chi connectivity index (χ1) is 12.5. The van der Waals surface area contributed by atoms with Gasteiger partial charge in [-0.15, -0.1) is 0 Å². The summed E-state index contributed by atoms with van der Waals surface area (Å²) in [7, 11) is -3.28. The second-order valence-corrected chi connectivity index (χ2v) is 8.61. The maximum Gasteiger partial charge on any atom is 0.175 e. The molecule has 0 saturated carbocycles. The fraction of sp³-hybridized carbons (Fsp3) is 0.263. The molecule has 0 saturated heterocycles.